The fourth-order valence-corrected chi connectivity index (χ4v) is 2.25. The third kappa shape index (κ3) is 2.29. The number of hydrogen-bond acceptors (Lipinski definition) is 3. The summed E-state index contributed by atoms with van der Waals surface area (Å²) >= 11 is 0. The summed E-state index contributed by atoms with van der Waals surface area (Å²) in [5.74, 6) is 0.0792. The first-order chi connectivity index (χ1) is 9.95. The molecule has 2 N–H and O–H groups in total. The molecule has 21 heavy (non-hydrogen) atoms. The maximum absolute atomic E-state index is 13.8. The topological polar surface area (TPSA) is 57.0 Å². The Morgan fingerprint density at radius 3 is 2.57 bits per heavy atom. The highest BCUT2D eigenvalue weighted by atomic mass is 19.1. The van der Waals surface area contributed by atoms with Gasteiger partial charge in [-0.05, 0) is 32.0 Å². The van der Waals surface area contributed by atoms with E-state index in [1.807, 2.05) is 13.0 Å². The normalized spacial score (nSPS) is 11.0. The van der Waals surface area contributed by atoms with E-state index in [2.05, 4.69) is 5.10 Å². The van der Waals surface area contributed by atoms with Crippen LogP contribution in [0.15, 0.2) is 34.9 Å². The van der Waals surface area contributed by atoms with Crippen LogP contribution in [0.2, 0.25) is 0 Å². The van der Waals surface area contributed by atoms with Crippen molar-refractivity contribution in [3.05, 3.63) is 53.6 Å². The van der Waals surface area contributed by atoms with E-state index in [-0.39, 0.29) is 5.69 Å². The fraction of sp³-hybridized carbons (Fsp3) is 0.133. The van der Waals surface area contributed by atoms with E-state index in [0.29, 0.717) is 17.1 Å². The minimum atomic E-state index is -0.704. The van der Waals surface area contributed by atoms with Crippen LogP contribution < -0.4 is 5.73 Å². The second-order valence-corrected chi connectivity index (χ2v) is 4.80. The SMILES string of the molecule is Cc1cc(-c2nn(-c3ccc(F)cc3F)cc2N)c(C)o1. The lowest BCUT2D eigenvalue weighted by Crippen LogP contribution is -1.99. The molecule has 0 radical (unpaired) electrons. The number of nitrogen functional groups attached to an aromatic ring is 1. The van der Waals surface area contributed by atoms with Crippen LogP contribution in [0.25, 0.3) is 16.9 Å². The van der Waals surface area contributed by atoms with Gasteiger partial charge >= 0.3 is 0 Å². The molecule has 0 aliphatic carbocycles. The van der Waals surface area contributed by atoms with E-state index in [1.165, 1.54) is 23.0 Å². The van der Waals surface area contributed by atoms with Crippen molar-refractivity contribution in [2.75, 3.05) is 5.73 Å². The highest BCUT2D eigenvalue weighted by Gasteiger charge is 2.16. The van der Waals surface area contributed by atoms with Gasteiger partial charge in [-0.15, -0.1) is 0 Å². The first-order valence-electron chi connectivity index (χ1n) is 6.33. The van der Waals surface area contributed by atoms with Crippen LogP contribution in [0.5, 0.6) is 0 Å². The molecule has 2 heterocycles. The summed E-state index contributed by atoms with van der Waals surface area (Å²) in [7, 11) is 0. The van der Waals surface area contributed by atoms with Crippen molar-refractivity contribution in [2.45, 2.75) is 13.8 Å². The molecule has 0 atom stereocenters. The Labute approximate surface area is 119 Å². The zero-order valence-electron chi connectivity index (χ0n) is 11.5. The van der Waals surface area contributed by atoms with Crippen molar-refractivity contribution in [2.24, 2.45) is 0 Å². The Morgan fingerprint density at radius 1 is 1.19 bits per heavy atom. The molecule has 0 unspecified atom stereocenters. The zero-order chi connectivity index (χ0) is 15.1. The lowest BCUT2D eigenvalue weighted by atomic mass is 10.1. The fourth-order valence-electron chi connectivity index (χ4n) is 2.25. The highest BCUT2D eigenvalue weighted by Crippen LogP contribution is 2.30. The van der Waals surface area contributed by atoms with Crippen molar-refractivity contribution in [3.8, 4) is 16.9 Å². The molecule has 3 aromatic rings. The van der Waals surface area contributed by atoms with Gasteiger partial charge in [0, 0.05) is 11.6 Å². The molecule has 3 rings (SSSR count). The van der Waals surface area contributed by atoms with Gasteiger partial charge in [-0.25, -0.2) is 13.5 Å². The first kappa shape index (κ1) is 13.4. The number of nitrogens with two attached hydrogens (primary N) is 1. The number of furan rings is 1. The quantitative estimate of drug-likeness (QED) is 0.784. The number of aryl methyl sites for hydroxylation is 2. The molecule has 2 aromatic heterocycles. The van der Waals surface area contributed by atoms with Crippen molar-refractivity contribution in [3.63, 3.8) is 0 Å². The van der Waals surface area contributed by atoms with E-state index in [9.17, 15) is 8.78 Å². The molecule has 4 nitrogen and oxygen atoms in total. The molecule has 0 saturated carbocycles. The summed E-state index contributed by atoms with van der Waals surface area (Å²) in [6.07, 6.45) is 1.49. The Balaban J connectivity index is 2.11. The maximum atomic E-state index is 13.8. The summed E-state index contributed by atoms with van der Waals surface area (Å²) in [6, 6.07) is 5.11. The van der Waals surface area contributed by atoms with Crippen LogP contribution in [0.4, 0.5) is 14.5 Å². The molecule has 0 saturated heterocycles. The summed E-state index contributed by atoms with van der Waals surface area (Å²) < 4.78 is 33.5. The molecule has 6 heteroatoms. The van der Waals surface area contributed by atoms with Crippen molar-refractivity contribution in [1.82, 2.24) is 9.78 Å². The van der Waals surface area contributed by atoms with E-state index in [4.69, 9.17) is 10.2 Å². The van der Waals surface area contributed by atoms with Crippen LogP contribution in [-0.2, 0) is 0 Å². The Hall–Kier alpha value is -2.63. The lowest BCUT2D eigenvalue weighted by molar-refractivity contribution is 0.505. The lowest BCUT2D eigenvalue weighted by Gasteiger charge is -2.02. The van der Waals surface area contributed by atoms with Gasteiger partial charge in [0.05, 0.1) is 11.9 Å². The number of benzene rings is 1. The minimum Gasteiger partial charge on any atom is -0.466 e. The van der Waals surface area contributed by atoms with Crippen LogP contribution >= 0.6 is 0 Å². The molecule has 1 aromatic carbocycles. The maximum Gasteiger partial charge on any atom is 0.151 e. The van der Waals surface area contributed by atoms with E-state index >= 15 is 0 Å². The predicted molar refractivity (Wildman–Crippen MR) is 75.1 cm³/mol. The van der Waals surface area contributed by atoms with Crippen LogP contribution in [0, 0.1) is 25.5 Å². The standard InChI is InChI=1S/C15H13F2N3O/c1-8-5-11(9(2)21-8)15-13(18)7-20(19-15)14-4-3-10(16)6-12(14)17/h3-7H,18H2,1-2H3. The summed E-state index contributed by atoms with van der Waals surface area (Å²) in [5, 5.41) is 4.28. The van der Waals surface area contributed by atoms with Crippen molar-refractivity contribution < 1.29 is 13.2 Å². The molecule has 0 amide bonds. The van der Waals surface area contributed by atoms with Gasteiger partial charge in [0.1, 0.15) is 28.7 Å². The molecule has 0 bridgehead atoms. The highest BCUT2D eigenvalue weighted by molar-refractivity contribution is 5.74. The van der Waals surface area contributed by atoms with Gasteiger partial charge in [-0.2, -0.15) is 5.10 Å². The number of nitrogens with zero attached hydrogens (tertiary/aromatic N) is 2. The van der Waals surface area contributed by atoms with Crippen LogP contribution in [0.3, 0.4) is 0 Å². The smallest absolute Gasteiger partial charge is 0.151 e. The first-order valence-corrected chi connectivity index (χ1v) is 6.33. The van der Waals surface area contributed by atoms with Gasteiger partial charge in [0.15, 0.2) is 5.82 Å². The monoisotopic (exact) mass is 289 g/mol. The molecule has 0 aliphatic rings. The third-order valence-corrected chi connectivity index (χ3v) is 3.20. The van der Waals surface area contributed by atoms with Crippen molar-refractivity contribution >= 4 is 5.69 Å². The molecule has 108 valence electrons. The number of hydrogen-bond donors (Lipinski definition) is 1. The van der Waals surface area contributed by atoms with Crippen molar-refractivity contribution in [1.29, 1.82) is 0 Å². The summed E-state index contributed by atoms with van der Waals surface area (Å²) in [5.41, 5.74) is 7.73. The average Bonchev–Trinajstić information content (AvgIpc) is 2.92. The van der Waals surface area contributed by atoms with E-state index in [1.54, 1.807) is 6.92 Å². The number of rotatable bonds is 2. The number of aromatic nitrogens is 2. The molecule has 0 aliphatic heterocycles. The molecule has 0 spiro atoms. The summed E-state index contributed by atoms with van der Waals surface area (Å²) in [6.45, 7) is 3.63. The van der Waals surface area contributed by atoms with E-state index in [0.717, 1.165) is 17.4 Å². The van der Waals surface area contributed by atoms with Gasteiger partial charge in [0.25, 0.3) is 0 Å². The Bertz CT molecular complexity index is 820. The molecular weight excluding hydrogens is 276 g/mol. The van der Waals surface area contributed by atoms with Gasteiger partial charge in [-0.3, -0.25) is 0 Å². The van der Waals surface area contributed by atoms with E-state index < -0.39 is 11.6 Å². The number of anilines is 1. The van der Waals surface area contributed by atoms with Gasteiger partial charge in [-0.1, -0.05) is 0 Å². The van der Waals surface area contributed by atoms with Gasteiger partial charge in [0.2, 0.25) is 0 Å². The Kier molecular flexibility index (Phi) is 3.01. The molecule has 0 fully saturated rings. The van der Waals surface area contributed by atoms with Crippen LogP contribution in [-0.4, -0.2) is 9.78 Å². The zero-order valence-corrected chi connectivity index (χ0v) is 11.5. The minimum absolute atomic E-state index is 0.132. The van der Waals surface area contributed by atoms with Gasteiger partial charge < -0.3 is 10.2 Å². The Morgan fingerprint density at radius 2 is 1.95 bits per heavy atom. The van der Waals surface area contributed by atoms with Crippen LogP contribution in [0.1, 0.15) is 11.5 Å². The second-order valence-electron chi connectivity index (χ2n) is 4.80. The third-order valence-electron chi connectivity index (χ3n) is 3.20. The largest absolute Gasteiger partial charge is 0.466 e. The number of halogens is 2. The summed E-state index contributed by atoms with van der Waals surface area (Å²) in [4.78, 5) is 0. The second kappa shape index (κ2) is 4.73. The average molecular weight is 289 g/mol. The molecular formula is C15H13F2N3O. The predicted octanol–water partition coefficient (Wildman–Crippen LogP) is 3.61.